The van der Waals surface area contributed by atoms with Gasteiger partial charge in [-0.15, -0.1) is 0 Å². The summed E-state index contributed by atoms with van der Waals surface area (Å²) in [6.45, 7) is 0. The van der Waals surface area contributed by atoms with Crippen LogP contribution in [-0.2, 0) is 4.74 Å². The Kier molecular flexibility index (Phi) is 5.03. The van der Waals surface area contributed by atoms with Crippen LogP contribution in [0.5, 0.6) is 11.5 Å². The van der Waals surface area contributed by atoms with Gasteiger partial charge in [-0.1, -0.05) is 0 Å². The highest BCUT2D eigenvalue weighted by molar-refractivity contribution is 5.89. The minimum Gasteiger partial charge on any atom is -0.504 e. The Balaban J connectivity index is 2.26. The lowest BCUT2D eigenvalue weighted by molar-refractivity contribution is 0.0600. The molecule has 0 amide bonds. The van der Waals surface area contributed by atoms with E-state index in [0.29, 0.717) is 23.2 Å². The molecule has 118 valence electrons. The molecular formula is C16H14N2O5. The highest BCUT2D eigenvalue weighted by Crippen LogP contribution is 2.34. The second-order valence-electron chi connectivity index (χ2n) is 4.44. The van der Waals surface area contributed by atoms with E-state index >= 15 is 0 Å². The first-order valence-corrected chi connectivity index (χ1v) is 6.55. The zero-order valence-corrected chi connectivity index (χ0v) is 12.5. The molecule has 2 aromatic rings. The Morgan fingerprint density at radius 2 is 1.74 bits per heavy atom. The van der Waals surface area contributed by atoms with Gasteiger partial charge in [-0.05, 0) is 30.3 Å². The summed E-state index contributed by atoms with van der Waals surface area (Å²) in [7, 11) is 2.68. The topological polar surface area (TPSA) is 97.6 Å². The number of esters is 1. The van der Waals surface area contributed by atoms with E-state index in [1.165, 1.54) is 26.4 Å². The summed E-state index contributed by atoms with van der Waals surface area (Å²) >= 11 is 0. The van der Waals surface area contributed by atoms with E-state index < -0.39 is 5.97 Å². The molecule has 1 N–H and O–H groups in total. The first-order chi connectivity index (χ1) is 11.1. The Labute approximate surface area is 132 Å². The minimum atomic E-state index is -0.438. The number of ether oxygens (including phenoxy) is 2. The van der Waals surface area contributed by atoms with E-state index in [4.69, 9.17) is 4.74 Å². The van der Waals surface area contributed by atoms with Crippen LogP contribution in [0.1, 0.15) is 20.7 Å². The summed E-state index contributed by atoms with van der Waals surface area (Å²) in [4.78, 5) is 22.3. The second kappa shape index (κ2) is 7.17. The number of nitrogens with zero attached hydrogens (tertiary/aromatic N) is 2. The van der Waals surface area contributed by atoms with Crippen molar-refractivity contribution in [2.75, 3.05) is 14.2 Å². The average molecular weight is 314 g/mol. The molecule has 0 saturated carbocycles. The number of aromatic hydroxyl groups is 1. The van der Waals surface area contributed by atoms with Gasteiger partial charge in [-0.3, -0.25) is 4.79 Å². The van der Waals surface area contributed by atoms with Crippen LogP contribution in [0, 0.1) is 0 Å². The van der Waals surface area contributed by atoms with Crippen LogP contribution in [0.3, 0.4) is 0 Å². The van der Waals surface area contributed by atoms with Crippen LogP contribution in [0.15, 0.2) is 46.6 Å². The number of methoxy groups -OCH3 is 2. The van der Waals surface area contributed by atoms with Gasteiger partial charge in [0, 0.05) is 6.07 Å². The molecule has 0 aliphatic heterocycles. The molecule has 2 rings (SSSR count). The zero-order valence-electron chi connectivity index (χ0n) is 12.5. The number of hydrogen-bond acceptors (Lipinski definition) is 7. The molecule has 0 heterocycles. The quantitative estimate of drug-likeness (QED) is 0.518. The third kappa shape index (κ3) is 3.70. The number of aldehydes is 1. The SMILES string of the molecule is COC(=O)c1ccc(N=Nc2cc(C=O)c(O)c(OC)c2)cc1. The Bertz CT molecular complexity index is 754. The Morgan fingerprint density at radius 3 is 2.30 bits per heavy atom. The fourth-order valence-electron chi connectivity index (χ4n) is 1.81. The second-order valence-corrected chi connectivity index (χ2v) is 4.44. The fourth-order valence-corrected chi connectivity index (χ4v) is 1.81. The van der Waals surface area contributed by atoms with Gasteiger partial charge in [0.1, 0.15) is 0 Å². The van der Waals surface area contributed by atoms with Crippen LogP contribution in [0.25, 0.3) is 0 Å². The molecule has 0 unspecified atom stereocenters. The monoisotopic (exact) mass is 314 g/mol. The van der Waals surface area contributed by atoms with Crippen molar-refractivity contribution in [2.45, 2.75) is 0 Å². The third-order valence-electron chi connectivity index (χ3n) is 3.01. The zero-order chi connectivity index (χ0) is 16.8. The van der Waals surface area contributed by atoms with E-state index in [0.717, 1.165) is 0 Å². The van der Waals surface area contributed by atoms with E-state index in [2.05, 4.69) is 15.0 Å². The summed E-state index contributed by atoms with van der Waals surface area (Å²) in [5.41, 5.74) is 1.32. The van der Waals surface area contributed by atoms with Crippen molar-refractivity contribution < 1.29 is 24.2 Å². The number of carbonyl (C=O) groups is 2. The maximum atomic E-state index is 11.3. The summed E-state index contributed by atoms with van der Waals surface area (Å²) in [5.74, 6) is -0.555. The van der Waals surface area contributed by atoms with Crippen LogP contribution in [0.2, 0.25) is 0 Å². The normalized spacial score (nSPS) is 10.5. The standard InChI is InChI=1S/C16H14N2O5/c1-22-14-8-13(7-11(9-19)15(14)20)18-17-12-5-3-10(4-6-12)16(21)23-2/h3-9,20H,1-2H3. The van der Waals surface area contributed by atoms with Crippen LogP contribution < -0.4 is 4.74 Å². The molecule has 2 aromatic carbocycles. The van der Waals surface area contributed by atoms with Crippen molar-refractivity contribution >= 4 is 23.6 Å². The van der Waals surface area contributed by atoms with Crippen molar-refractivity contribution in [2.24, 2.45) is 10.2 Å². The molecule has 0 atom stereocenters. The molecule has 0 spiro atoms. The number of benzene rings is 2. The van der Waals surface area contributed by atoms with Crippen LogP contribution in [-0.4, -0.2) is 31.6 Å². The number of azo groups is 1. The maximum absolute atomic E-state index is 11.3. The van der Waals surface area contributed by atoms with Crippen molar-refractivity contribution in [3.8, 4) is 11.5 Å². The largest absolute Gasteiger partial charge is 0.504 e. The lowest BCUT2D eigenvalue weighted by Crippen LogP contribution is -1.99. The number of phenolic OH excluding ortho intramolecular Hbond substituents is 1. The lowest BCUT2D eigenvalue weighted by atomic mass is 10.2. The number of hydrogen-bond donors (Lipinski definition) is 1. The highest BCUT2D eigenvalue weighted by atomic mass is 16.5. The third-order valence-corrected chi connectivity index (χ3v) is 3.01. The lowest BCUT2D eigenvalue weighted by Gasteiger charge is -2.05. The first-order valence-electron chi connectivity index (χ1n) is 6.55. The summed E-state index contributed by atoms with van der Waals surface area (Å²) in [6.07, 6.45) is 0.502. The maximum Gasteiger partial charge on any atom is 0.337 e. The van der Waals surface area contributed by atoms with Gasteiger partial charge in [0.15, 0.2) is 17.8 Å². The Morgan fingerprint density at radius 1 is 1.09 bits per heavy atom. The fraction of sp³-hybridized carbons (Fsp3) is 0.125. The van der Waals surface area contributed by atoms with Gasteiger partial charge in [0.2, 0.25) is 0 Å². The molecule has 7 heteroatoms. The number of rotatable bonds is 5. The molecular weight excluding hydrogens is 300 g/mol. The smallest absolute Gasteiger partial charge is 0.337 e. The predicted molar refractivity (Wildman–Crippen MR) is 82.0 cm³/mol. The molecule has 0 aliphatic rings. The van der Waals surface area contributed by atoms with Gasteiger partial charge < -0.3 is 14.6 Å². The van der Waals surface area contributed by atoms with E-state index in [-0.39, 0.29) is 17.1 Å². The van der Waals surface area contributed by atoms with Crippen LogP contribution >= 0.6 is 0 Å². The number of phenols is 1. The molecule has 23 heavy (non-hydrogen) atoms. The van der Waals surface area contributed by atoms with Crippen molar-refractivity contribution in [1.29, 1.82) is 0 Å². The van der Waals surface area contributed by atoms with Gasteiger partial charge >= 0.3 is 5.97 Å². The van der Waals surface area contributed by atoms with Gasteiger partial charge in [0.05, 0.1) is 36.7 Å². The predicted octanol–water partition coefficient (Wildman–Crippen LogP) is 3.42. The molecule has 0 aliphatic carbocycles. The molecule has 0 fully saturated rings. The minimum absolute atomic E-state index is 0.0549. The number of carbonyl (C=O) groups excluding carboxylic acids is 2. The van der Waals surface area contributed by atoms with Gasteiger partial charge in [-0.25, -0.2) is 4.79 Å². The van der Waals surface area contributed by atoms with E-state index in [9.17, 15) is 14.7 Å². The van der Waals surface area contributed by atoms with E-state index in [1.807, 2.05) is 0 Å². The first kappa shape index (κ1) is 16.2. The summed E-state index contributed by atoms with van der Waals surface area (Å²) < 4.78 is 9.58. The van der Waals surface area contributed by atoms with Gasteiger partial charge in [-0.2, -0.15) is 10.2 Å². The van der Waals surface area contributed by atoms with Crippen molar-refractivity contribution in [3.63, 3.8) is 0 Å². The summed E-state index contributed by atoms with van der Waals surface area (Å²) in [5, 5.41) is 17.7. The molecule has 0 radical (unpaired) electrons. The van der Waals surface area contributed by atoms with E-state index in [1.54, 1.807) is 24.3 Å². The van der Waals surface area contributed by atoms with Crippen molar-refractivity contribution in [3.05, 3.63) is 47.5 Å². The molecule has 7 nitrogen and oxygen atoms in total. The summed E-state index contributed by atoms with van der Waals surface area (Å²) in [6, 6.07) is 9.18. The average Bonchev–Trinajstić information content (AvgIpc) is 2.60. The van der Waals surface area contributed by atoms with Crippen LogP contribution in [0.4, 0.5) is 11.4 Å². The highest BCUT2D eigenvalue weighted by Gasteiger charge is 2.10. The molecule has 0 saturated heterocycles. The van der Waals surface area contributed by atoms with Gasteiger partial charge in [0.25, 0.3) is 0 Å². The molecule has 0 aromatic heterocycles. The molecule has 0 bridgehead atoms. The van der Waals surface area contributed by atoms with Crippen molar-refractivity contribution in [1.82, 2.24) is 0 Å². The Hall–Kier alpha value is -3.22.